The third kappa shape index (κ3) is 3.40. The number of hydrogen-bond donors (Lipinski definition) is 0. The van der Waals surface area contributed by atoms with Gasteiger partial charge in [-0.15, -0.1) is 0 Å². The van der Waals surface area contributed by atoms with Gasteiger partial charge in [-0.25, -0.2) is 9.97 Å². The second-order valence-corrected chi connectivity index (χ2v) is 6.53. The van der Waals surface area contributed by atoms with Crippen molar-refractivity contribution in [3.63, 3.8) is 0 Å². The van der Waals surface area contributed by atoms with Crippen LogP contribution in [0.5, 0.6) is 0 Å². The van der Waals surface area contributed by atoms with Gasteiger partial charge in [0.2, 0.25) is 0 Å². The maximum absolute atomic E-state index is 5.85. The molecular formula is C13H13ClN2S2. The number of nitrogens with zero attached hydrogens (tertiary/aromatic N) is 2. The van der Waals surface area contributed by atoms with E-state index in [-0.39, 0.29) is 0 Å². The summed E-state index contributed by atoms with van der Waals surface area (Å²) >= 11 is 5.85. The van der Waals surface area contributed by atoms with Gasteiger partial charge in [-0.1, -0.05) is 11.6 Å². The highest BCUT2D eigenvalue weighted by atomic mass is 35.5. The van der Waals surface area contributed by atoms with Crippen molar-refractivity contribution >= 4 is 33.2 Å². The summed E-state index contributed by atoms with van der Waals surface area (Å²) in [6.45, 7) is 6.08. The average Bonchev–Trinajstić information content (AvgIpc) is 2.35. The van der Waals surface area contributed by atoms with Crippen molar-refractivity contribution in [3.8, 4) is 0 Å². The molecule has 0 amide bonds. The Morgan fingerprint density at radius 3 is 2.00 bits per heavy atom. The summed E-state index contributed by atoms with van der Waals surface area (Å²) in [5, 5.41) is 1.55. The number of halogens is 1. The molecule has 2 rings (SSSR count). The van der Waals surface area contributed by atoms with Crippen molar-refractivity contribution < 1.29 is 0 Å². The maximum atomic E-state index is 5.85. The highest BCUT2D eigenvalue weighted by Gasteiger charge is 2.06. The molecule has 5 heteroatoms. The van der Waals surface area contributed by atoms with Crippen LogP contribution in [-0.2, 0) is 0 Å². The number of aryl methyl sites for hydroxylation is 2. The fourth-order valence-electron chi connectivity index (χ4n) is 1.35. The lowest BCUT2D eigenvalue weighted by Gasteiger charge is -2.06. The third-order valence-electron chi connectivity index (χ3n) is 2.64. The first kappa shape index (κ1) is 13.7. The standard InChI is InChI=1S/C13H13ClN2S2/c1-8-9(2)15-13(16-10(8)3)18-17-12-6-4-11(14)5-7-12/h4-7H,1-3H3. The first-order chi connectivity index (χ1) is 8.56. The summed E-state index contributed by atoms with van der Waals surface area (Å²) in [5.41, 5.74) is 3.25. The van der Waals surface area contributed by atoms with Gasteiger partial charge >= 0.3 is 0 Å². The molecule has 94 valence electrons. The van der Waals surface area contributed by atoms with Crippen LogP contribution in [-0.4, -0.2) is 9.97 Å². The minimum Gasteiger partial charge on any atom is -0.227 e. The predicted octanol–water partition coefficient (Wildman–Crippen LogP) is 4.85. The highest BCUT2D eigenvalue weighted by Crippen LogP contribution is 2.36. The number of benzene rings is 1. The summed E-state index contributed by atoms with van der Waals surface area (Å²) < 4.78 is 0. The van der Waals surface area contributed by atoms with E-state index in [9.17, 15) is 0 Å². The topological polar surface area (TPSA) is 25.8 Å². The lowest BCUT2D eigenvalue weighted by molar-refractivity contribution is 0.885. The van der Waals surface area contributed by atoms with E-state index < -0.39 is 0 Å². The van der Waals surface area contributed by atoms with Gasteiger partial charge in [-0.3, -0.25) is 0 Å². The Bertz CT molecular complexity index is 532. The minimum absolute atomic E-state index is 0.752. The molecule has 1 heterocycles. The summed E-state index contributed by atoms with van der Waals surface area (Å²) in [5.74, 6) is 0. The van der Waals surface area contributed by atoms with Crippen LogP contribution in [0.15, 0.2) is 34.3 Å². The second-order valence-electron chi connectivity index (χ2n) is 3.92. The average molecular weight is 297 g/mol. The van der Waals surface area contributed by atoms with Crippen molar-refractivity contribution in [1.82, 2.24) is 9.97 Å². The van der Waals surface area contributed by atoms with Gasteiger partial charge in [-0.2, -0.15) is 0 Å². The van der Waals surface area contributed by atoms with Crippen LogP contribution in [0.25, 0.3) is 0 Å². The van der Waals surface area contributed by atoms with Crippen molar-refractivity contribution in [1.29, 1.82) is 0 Å². The zero-order chi connectivity index (χ0) is 13.1. The molecule has 0 aliphatic heterocycles. The van der Waals surface area contributed by atoms with Crippen molar-refractivity contribution in [2.45, 2.75) is 30.8 Å². The molecular weight excluding hydrogens is 284 g/mol. The lowest BCUT2D eigenvalue weighted by atomic mass is 10.2. The molecule has 0 spiro atoms. The molecule has 2 aromatic rings. The zero-order valence-electron chi connectivity index (χ0n) is 10.4. The smallest absolute Gasteiger partial charge is 0.199 e. The van der Waals surface area contributed by atoms with E-state index in [2.05, 4.69) is 9.97 Å². The van der Waals surface area contributed by atoms with Gasteiger partial charge in [0.1, 0.15) is 0 Å². The van der Waals surface area contributed by atoms with Gasteiger partial charge < -0.3 is 0 Å². The van der Waals surface area contributed by atoms with Crippen LogP contribution in [0.4, 0.5) is 0 Å². The molecule has 1 aromatic carbocycles. The van der Waals surface area contributed by atoms with Crippen LogP contribution >= 0.6 is 33.2 Å². The van der Waals surface area contributed by atoms with Crippen LogP contribution in [0.1, 0.15) is 17.0 Å². The monoisotopic (exact) mass is 296 g/mol. The van der Waals surface area contributed by atoms with Gasteiger partial charge in [0, 0.05) is 21.3 Å². The summed E-state index contributed by atoms with van der Waals surface area (Å²) in [6.07, 6.45) is 0. The van der Waals surface area contributed by atoms with Crippen molar-refractivity contribution in [3.05, 3.63) is 46.2 Å². The molecule has 18 heavy (non-hydrogen) atoms. The molecule has 0 radical (unpaired) electrons. The number of aromatic nitrogens is 2. The van der Waals surface area contributed by atoms with Crippen LogP contribution in [0, 0.1) is 20.8 Å². The molecule has 1 aromatic heterocycles. The van der Waals surface area contributed by atoms with Gasteiger partial charge in [-0.05, 0) is 72.2 Å². The molecule has 0 saturated heterocycles. The first-order valence-corrected chi connectivity index (χ1v) is 8.01. The second kappa shape index (κ2) is 5.95. The molecule has 2 nitrogen and oxygen atoms in total. The summed E-state index contributed by atoms with van der Waals surface area (Å²) in [6, 6.07) is 7.76. The Hall–Kier alpha value is -0.710. The Morgan fingerprint density at radius 2 is 1.44 bits per heavy atom. The Kier molecular flexibility index (Phi) is 4.54. The first-order valence-electron chi connectivity index (χ1n) is 5.48. The molecule has 0 aliphatic carbocycles. The Labute approximate surface area is 120 Å². The summed E-state index contributed by atoms with van der Waals surface area (Å²) in [7, 11) is 3.21. The lowest BCUT2D eigenvalue weighted by Crippen LogP contribution is -1.96. The number of rotatable bonds is 3. The fraction of sp³-hybridized carbons (Fsp3) is 0.231. The molecule has 0 fully saturated rings. The van der Waals surface area contributed by atoms with Crippen LogP contribution in [0.2, 0.25) is 5.02 Å². The largest absolute Gasteiger partial charge is 0.227 e. The molecule has 0 unspecified atom stereocenters. The molecule has 0 N–H and O–H groups in total. The summed E-state index contributed by atoms with van der Waals surface area (Å²) in [4.78, 5) is 10.1. The zero-order valence-corrected chi connectivity index (χ0v) is 12.8. The van der Waals surface area contributed by atoms with Crippen molar-refractivity contribution in [2.24, 2.45) is 0 Å². The van der Waals surface area contributed by atoms with Crippen LogP contribution in [0.3, 0.4) is 0 Å². The van der Waals surface area contributed by atoms with Gasteiger partial charge in [0.05, 0.1) is 0 Å². The normalized spacial score (nSPS) is 10.7. The van der Waals surface area contributed by atoms with Gasteiger partial charge in [0.25, 0.3) is 0 Å². The molecule has 0 saturated carbocycles. The highest BCUT2D eigenvalue weighted by molar-refractivity contribution is 8.76. The molecule has 0 bridgehead atoms. The SMILES string of the molecule is Cc1nc(SSc2ccc(Cl)cc2)nc(C)c1C. The third-order valence-corrected chi connectivity index (χ3v) is 5.04. The molecule has 0 aliphatic rings. The van der Waals surface area contributed by atoms with E-state index in [1.54, 1.807) is 21.6 Å². The van der Waals surface area contributed by atoms with Gasteiger partial charge in [0.15, 0.2) is 5.16 Å². The van der Waals surface area contributed by atoms with E-state index in [1.807, 2.05) is 45.0 Å². The minimum atomic E-state index is 0.752. The van der Waals surface area contributed by atoms with E-state index in [0.717, 1.165) is 32.0 Å². The fourth-order valence-corrected chi connectivity index (χ4v) is 3.32. The number of hydrogen-bond acceptors (Lipinski definition) is 4. The Morgan fingerprint density at radius 1 is 0.889 bits per heavy atom. The van der Waals surface area contributed by atoms with Crippen molar-refractivity contribution in [2.75, 3.05) is 0 Å². The predicted molar refractivity (Wildman–Crippen MR) is 79.4 cm³/mol. The quantitative estimate of drug-likeness (QED) is 0.597. The van der Waals surface area contributed by atoms with E-state index in [4.69, 9.17) is 11.6 Å². The maximum Gasteiger partial charge on any atom is 0.199 e. The Balaban J connectivity index is 2.08. The van der Waals surface area contributed by atoms with Crippen LogP contribution < -0.4 is 0 Å². The van der Waals surface area contributed by atoms with E-state index in [0.29, 0.717) is 0 Å². The van der Waals surface area contributed by atoms with E-state index in [1.165, 1.54) is 0 Å². The molecule has 0 atom stereocenters. The van der Waals surface area contributed by atoms with E-state index >= 15 is 0 Å².